The lowest BCUT2D eigenvalue weighted by molar-refractivity contribution is -0.144. The van der Waals surface area contributed by atoms with E-state index in [0.717, 1.165) is 12.8 Å². The van der Waals surface area contributed by atoms with Gasteiger partial charge in [0.05, 0.1) is 5.54 Å². The Morgan fingerprint density at radius 3 is 2.48 bits per heavy atom. The zero-order valence-electron chi connectivity index (χ0n) is 13.8. The monoisotopic (exact) mass is 345 g/mol. The molecule has 0 bridgehead atoms. The average molecular weight is 345 g/mol. The molecule has 1 heterocycles. The van der Waals surface area contributed by atoms with Crippen LogP contribution >= 0.6 is 0 Å². The number of hydrogen-bond donors (Lipinski definition) is 1. The molecule has 3 rings (SSSR count). The van der Waals surface area contributed by atoms with Gasteiger partial charge in [-0.3, -0.25) is 14.4 Å². The summed E-state index contributed by atoms with van der Waals surface area (Å²) in [5, 5.41) is 2.59. The number of nitrogens with one attached hydrogen (secondary N) is 1. The third kappa shape index (κ3) is 3.70. The third-order valence-corrected chi connectivity index (χ3v) is 4.71. The minimum absolute atomic E-state index is 0.132. The summed E-state index contributed by atoms with van der Waals surface area (Å²) in [6.07, 6.45) is 2.68. The minimum atomic E-state index is -0.433. The second-order valence-electron chi connectivity index (χ2n) is 6.47. The number of nitrogens with zero attached hydrogens (tertiary/aromatic N) is 2. The zero-order valence-corrected chi connectivity index (χ0v) is 13.8. The standard InChI is InChI=1S/C18H20FN3O3/c1-2-16(24)21-9-10-22(18(12-21)7-8-18)17(25)11-15(23)20-14-5-3-13(19)4-6-14/h2-6H,1,7-12H2,(H,20,23). The van der Waals surface area contributed by atoms with Crippen LogP contribution in [-0.4, -0.2) is 52.7 Å². The number of piperazine rings is 1. The first kappa shape index (κ1) is 17.1. The molecule has 2 fully saturated rings. The predicted octanol–water partition coefficient (Wildman–Crippen LogP) is 1.54. The van der Waals surface area contributed by atoms with Gasteiger partial charge in [-0.2, -0.15) is 0 Å². The maximum absolute atomic E-state index is 12.9. The third-order valence-electron chi connectivity index (χ3n) is 4.71. The number of benzene rings is 1. The van der Waals surface area contributed by atoms with Crippen molar-refractivity contribution in [3.63, 3.8) is 0 Å². The Morgan fingerprint density at radius 1 is 1.20 bits per heavy atom. The van der Waals surface area contributed by atoms with Crippen molar-refractivity contribution in [1.29, 1.82) is 0 Å². The van der Waals surface area contributed by atoms with E-state index in [9.17, 15) is 18.8 Å². The average Bonchev–Trinajstić information content (AvgIpc) is 3.35. The highest BCUT2D eigenvalue weighted by Crippen LogP contribution is 2.44. The number of carbonyl (C=O) groups is 3. The zero-order chi connectivity index (χ0) is 18.0. The van der Waals surface area contributed by atoms with E-state index in [-0.39, 0.29) is 23.8 Å². The molecular formula is C18H20FN3O3. The second-order valence-corrected chi connectivity index (χ2v) is 6.47. The Kier molecular flexibility index (Phi) is 4.57. The van der Waals surface area contributed by atoms with Crippen LogP contribution in [0.3, 0.4) is 0 Å². The van der Waals surface area contributed by atoms with Gasteiger partial charge in [0.2, 0.25) is 17.7 Å². The van der Waals surface area contributed by atoms with Crippen molar-refractivity contribution in [3.05, 3.63) is 42.7 Å². The Balaban J connectivity index is 1.58. The van der Waals surface area contributed by atoms with Crippen LogP contribution in [0.4, 0.5) is 10.1 Å². The molecule has 132 valence electrons. The van der Waals surface area contributed by atoms with Gasteiger partial charge in [-0.25, -0.2) is 4.39 Å². The molecule has 7 heteroatoms. The van der Waals surface area contributed by atoms with E-state index in [1.54, 1.807) is 9.80 Å². The number of rotatable bonds is 4. The van der Waals surface area contributed by atoms with E-state index in [0.29, 0.717) is 25.3 Å². The fraction of sp³-hybridized carbons (Fsp3) is 0.389. The molecular weight excluding hydrogens is 325 g/mol. The molecule has 6 nitrogen and oxygen atoms in total. The highest BCUT2D eigenvalue weighted by Gasteiger charge is 2.53. The highest BCUT2D eigenvalue weighted by atomic mass is 19.1. The molecule has 25 heavy (non-hydrogen) atoms. The summed E-state index contributed by atoms with van der Waals surface area (Å²) < 4.78 is 12.9. The van der Waals surface area contributed by atoms with Crippen LogP contribution in [0.15, 0.2) is 36.9 Å². The van der Waals surface area contributed by atoms with Crippen molar-refractivity contribution in [2.75, 3.05) is 25.0 Å². The van der Waals surface area contributed by atoms with Gasteiger partial charge in [0, 0.05) is 25.3 Å². The van der Waals surface area contributed by atoms with Gasteiger partial charge in [-0.15, -0.1) is 0 Å². The lowest BCUT2D eigenvalue weighted by Gasteiger charge is -2.41. The molecule has 1 saturated heterocycles. The Labute approximate surface area is 145 Å². The molecule has 1 aliphatic carbocycles. The fourth-order valence-corrected chi connectivity index (χ4v) is 3.23. The molecule has 3 amide bonds. The van der Waals surface area contributed by atoms with Crippen LogP contribution in [0.1, 0.15) is 19.3 Å². The van der Waals surface area contributed by atoms with Gasteiger partial charge >= 0.3 is 0 Å². The highest BCUT2D eigenvalue weighted by molar-refractivity contribution is 6.04. The van der Waals surface area contributed by atoms with Crippen LogP contribution in [0, 0.1) is 5.82 Å². The van der Waals surface area contributed by atoms with E-state index in [1.807, 2.05) is 0 Å². The van der Waals surface area contributed by atoms with E-state index in [4.69, 9.17) is 0 Å². The Bertz CT molecular complexity index is 713. The van der Waals surface area contributed by atoms with Crippen molar-refractivity contribution in [1.82, 2.24) is 9.80 Å². The van der Waals surface area contributed by atoms with Crippen LogP contribution in [-0.2, 0) is 14.4 Å². The van der Waals surface area contributed by atoms with Crippen LogP contribution < -0.4 is 5.32 Å². The fourth-order valence-electron chi connectivity index (χ4n) is 3.23. The summed E-state index contributed by atoms with van der Waals surface area (Å²) in [6, 6.07) is 5.37. The minimum Gasteiger partial charge on any atom is -0.335 e. The van der Waals surface area contributed by atoms with Gasteiger partial charge in [-0.05, 0) is 43.2 Å². The SMILES string of the molecule is C=CC(=O)N1CCN(C(=O)CC(=O)Nc2ccc(F)cc2)C2(CC2)C1. The summed E-state index contributed by atoms with van der Waals surface area (Å²) in [6.45, 7) is 4.85. The van der Waals surface area contributed by atoms with Crippen molar-refractivity contribution in [2.24, 2.45) is 0 Å². The molecule has 0 radical (unpaired) electrons. The van der Waals surface area contributed by atoms with Crippen molar-refractivity contribution < 1.29 is 18.8 Å². The quantitative estimate of drug-likeness (QED) is 0.665. The molecule has 1 saturated carbocycles. The van der Waals surface area contributed by atoms with Gasteiger partial charge < -0.3 is 15.1 Å². The first-order chi connectivity index (χ1) is 11.9. The van der Waals surface area contributed by atoms with E-state index in [1.165, 1.54) is 30.3 Å². The summed E-state index contributed by atoms with van der Waals surface area (Å²) in [7, 11) is 0. The number of halogens is 1. The van der Waals surface area contributed by atoms with Gasteiger partial charge in [-0.1, -0.05) is 6.58 Å². The first-order valence-corrected chi connectivity index (χ1v) is 8.21. The lowest BCUT2D eigenvalue weighted by atomic mass is 10.1. The van der Waals surface area contributed by atoms with Crippen LogP contribution in [0.25, 0.3) is 0 Å². The largest absolute Gasteiger partial charge is 0.335 e. The molecule has 0 unspecified atom stereocenters. The van der Waals surface area contributed by atoms with Crippen LogP contribution in [0.5, 0.6) is 0 Å². The Hall–Kier alpha value is -2.70. The molecule has 1 N–H and O–H groups in total. The van der Waals surface area contributed by atoms with E-state index >= 15 is 0 Å². The number of carbonyl (C=O) groups excluding carboxylic acids is 3. The van der Waals surface area contributed by atoms with E-state index < -0.39 is 11.7 Å². The van der Waals surface area contributed by atoms with Gasteiger partial charge in [0.15, 0.2) is 0 Å². The van der Waals surface area contributed by atoms with Gasteiger partial charge in [0.1, 0.15) is 12.2 Å². The molecule has 1 aromatic carbocycles. The van der Waals surface area contributed by atoms with E-state index in [2.05, 4.69) is 11.9 Å². The normalized spacial score (nSPS) is 18.0. The maximum atomic E-state index is 12.9. The van der Waals surface area contributed by atoms with Crippen molar-refractivity contribution in [2.45, 2.75) is 24.8 Å². The predicted molar refractivity (Wildman–Crippen MR) is 90.1 cm³/mol. The summed E-state index contributed by atoms with van der Waals surface area (Å²) in [5.41, 5.74) is 0.117. The summed E-state index contributed by atoms with van der Waals surface area (Å²) in [5.74, 6) is -1.20. The summed E-state index contributed by atoms with van der Waals surface area (Å²) >= 11 is 0. The molecule has 0 aromatic heterocycles. The molecule has 1 spiro atoms. The topological polar surface area (TPSA) is 69.7 Å². The summed E-state index contributed by atoms with van der Waals surface area (Å²) in [4.78, 5) is 39.8. The maximum Gasteiger partial charge on any atom is 0.246 e. The smallest absolute Gasteiger partial charge is 0.246 e. The molecule has 1 aliphatic heterocycles. The molecule has 2 aliphatic rings. The molecule has 1 aromatic rings. The number of amides is 3. The van der Waals surface area contributed by atoms with Crippen molar-refractivity contribution in [3.8, 4) is 0 Å². The van der Waals surface area contributed by atoms with Crippen molar-refractivity contribution >= 4 is 23.4 Å². The number of anilines is 1. The van der Waals surface area contributed by atoms with Crippen LogP contribution in [0.2, 0.25) is 0 Å². The first-order valence-electron chi connectivity index (χ1n) is 8.21. The number of hydrogen-bond acceptors (Lipinski definition) is 3. The lowest BCUT2D eigenvalue weighted by Crippen LogP contribution is -2.58. The second kappa shape index (κ2) is 6.66. The van der Waals surface area contributed by atoms with Gasteiger partial charge in [0.25, 0.3) is 0 Å². The Morgan fingerprint density at radius 2 is 1.88 bits per heavy atom. The molecule has 0 atom stereocenters.